The lowest BCUT2D eigenvalue weighted by atomic mass is 10.1. The highest BCUT2D eigenvalue weighted by molar-refractivity contribution is 5.94. The number of anilines is 1. The van der Waals surface area contributed by atoms with Gasteiger partial charge in [0.25, 0.3) is 0 Å². The van der Waals surface area contributed by atoms with Gasteiger partial charge in [-0.15, -0.1) is 0 Å². The summed E-state index contributed by atoms with van der Waals surface area (Å²) in [5.41, 5.74) is 0.197. The predicted octanol–water partition coefficient (Wildman–Crippen LogP) is 5.49. The summed E-state index contributed by atoms with van der Waals surface area (Å²) in [5.74, 6) is -0.546. The quantitative estimate of drug-likeness (QED) is 0.428. The van der Waals surface area contributed by atoms with Crippen molar-refractivity contribution in [1.82, 2.24) is 9.97 Å². The zero-order chi connectivity index (χ0) is 27.0. The van der Waals surface area contributed by atoms with Gasteiger partial charge in [0.15, 0.2) is 11.4 Å². The minimum absolute atomic E-state index is 0.0291. The molecule has 1 saturated carbocycles. The van der Waals surface area contributed by atoms with Crippen LogP contribution in [0.1, 0.15) is 49.4 Å². The molecule has 7 nitrogen and oxygen atoms in total. The van der Waals surface area contributed by atoms with Crippen LogP contribution >= 0.6 is 0 Å². The van der Waals surface area contributed by atoms with Crippen LogP contribution in [0.25, 0.3) is 11.4 Å². The lowest BCUT2D eigenvalue weighted by molar-refractivity contribution is -0.152. The van der Waals surface area contributed by atoms with Crippen molar-refractivity contribution < 1.29 is 32.6 Å². The van der Waals surface area contributed by atoms with Crippen molar-refractivity contribution in [1.29, 1.82) is 0 Å². The monoisotopic (exact) mass is 513 g/mol. The molecule has 1 amide bonds. The first kappa shape index (κ1) is 26.1. The highest BCUT2D eigenvalue weighted by Crippen LogP contribution is 2.41. The number of hydrogen-bond donors (Lipinski definition) is 1. The number of carbonyl (C=O) groups is 2. The van der Waals surface area contributed by atoms with Crippen LogP contribution in [0.3, 0.4) is 0 Å². The largest absolute Gasteiger partial charge is 0.478 e. The van der Waals surface area contributed by atoms with Gasteiger partial charge >= 0.3 is 12.1 Å². The van der Waals surface area contributed by atoms with Crippen molar-refractivity contribution in [2.45, 2.75) is 50.8 Å². The Labute approximate surface area is 211 Å². The molecule has 1 aliphatic rings. The standard InChI is InChI=1S/C27H26F3N3O4/c1-26(2,25(35)36)37-21-6-4-5-20(14-21)33(3)22(34)13-18-15-31-24(32-23(18)16-7-8-16)17-9-11-19(12-10-17)27(28,29)30/h4-6,9-12,14-16H,7-8,13H2,1-3H3,(H,35,36). The van der Waals surface area contributed by atoms with E-state index < -0.39 is 23.3 Å². The van der Waals surface area contributed by atoms with Crippen molar-refractivity contribution in [3.8, 4) is 17.1 Å². The number of ether oxygens (including phenoxy) is 1. The molecule has 1 heterocycles. The number of aromatic nitrogens is 2. The van der Waals surface area contributed by atoms with Crippen molar-refractivity contribution in [3.05, 3.63) is 71.5 Å². The molecule has 0 atom stereocenters. The molecule has 1 N–H and O–H groups in total. The molecule has 4 rings (SSSR count). The second-order valence-electron chi connectivity index (χ2n) is 9.50. The third-order valence-corrected chi connectivity index (χ3v) is 6.14. The first-order valence-corrected chi connectivity index (χ1v) is 11.7. The molecular weight excluding hydrogens is 487 g/mol. The molecule has 1 aliphatic carbocycles. The molecule has 3 aromatic rings. The van der Waals surface area contributed by atoms with Crippen molar-refractivity contribution in [2.75, 3.05) is 11.9 Å². The van der Waals surface area contributed by atoms with E-state index in [1.165, 1.54) is 30.9 Å². The number of benzene rings is 2. The molecule has 0 radical (unpaired) electrons. The molecule has 37 heavy (non-hydrogen) atoms. The highest BCUT2D eigenvalue weighted by Gasteiger charge is 2.32. The third kappa shape index (κ3) is 6.07. The Kier molecular flexibility index (Phi) is 6.94. The van der Waals surface area contributed by atoms with E-state index in [-0.39, 0.29) is 18.2 Å². The number of likely N-dealkylation sites (N-methyl/N-ethyl adjacent to an activating group) is 1. The first-order chi connectivity index (χ1) is 17.3. The van der Waals surface area contributed by atoms with Gasteiger partial charge in [0.1, 0.15) is 5.75 Å². The van der Waals surface area contributed by atoms with Gasteiger partial charge in [0, 0.05) is 42.0 Å². The van der Waals surface area contributed by atoms with Gasteiger partial charge in [-0.25, -0.2) is 14.8 Å². The van der Waals surface area contributed by atoms with Crippen LogP contribution in [-0.4, -0.2) is 39.6 Å². The van der Waals surface area contributed by atoms with E-state index in [4.69, 9.17) is 4.74 Å². The van der Waals surface area contributed by atoms with Crippen LogP contribution < -0.4 is 9.64 Å². The van der Waals surface area contributed by atoms with E-state index in [1.54, 1.807) is 37.5 Å². The van der Waals surface area contributed by atoms with Crippen LogP contribution in [-0.2, 0) is 22.2 Å². The van der Waals surface area contributed by atoms with Crippen molar-refractivity contribution in [3.63, 3.8) is 0 Å². The van der Waals surface area contributed by atoms with E-state index in [0.29, 0.717) is 28.4 Å². The number of alkyl halides is 3. The van der Waals surface area contributed by atoms with Crippen LogP contribution in [0.15, 0.2) is 54.7 Å². The number of rotatable bonds is 8. The molecule has 194 valence electrons. The predicted molar refractivity (Wildman–Crippen MR) is 130 cm³/mol. The first-order valence-electron chi connectivity index (χ1n) is 11.7. The summed E-state index contributed by atoms with van der Waals surface area (Å²) in [6, 6.07) is 11.3. The number of carboxylic acids is 1. The fraction of sp³-hybridized carbons (Fsp3) is 0.333. The molecule has 10 heteroatoms. The molecule has 0 unspecified atom stereocenters. The van der Waals surface area contributed by atoms with Crippen molar-refractivity contribution in [2.24, 2.45) is 0 Å². The fourth-order valence-corrected chi connectivity index (χ4v) is 3.73. The maximum Gasteiger partial charge on any atom is 0.416 e. The summed E-state index contributed by atoms with van der Waals surface area (Å²) in [7, 11) is 1.61. The molecule has 2 aromatic carbocycles. The Bertz CT molecular complexity index is 1320. The molecule has 0 spiro atoms. The van der Waals surface area contributed by atoms with E-state index in [1.807, 2.05) is 0 Å². The highest BCUT2D eigenvalue weighted by atomic mass is 19.4. The average molecular weight is 514 g/mol. The van der Waals surface area contributed by atoms with Crippen LogP contribution in [0.5, 0.6) is 5.75 Å². The number of nitrogens with zero attached hydrogens (tertiary/aromatic N) is 3. The zero-order valence-electron chi connectivity index (χ0n) is 20.5. The smallest absolute Gasteiger partial charge is 0.416 e. The summed E-state index contributed by atoms with van der Waals surface area (Å²) in [5, 5.41) is 9.30. The van der Waals surface area contributed by atoms with Crippen molar-refractivity contribution >= 4 is 17.6 Å². The molecule has 1 aromatic heterocycles. The number of amides is 1. The summed E-state index contributed by atoms with van der Waals surface area (Å²) in [6.07, 6.45) is -0.999. The average Bonchev–Trinajstić information content (AvgIpc) is 3.68. The Morgan fingerprint density at radius 1 is 1.11 bits per heavy atom. The maximum absolute atomic E-state index is 13.1. The van der Waals surface area contributed by atoms with Gasteiger partial charge in [-0.05, 0) is 51.0 Å². The van der Waals surface area contributed by atoms with E-state index in [9.17, 15) is 27.9 Å². The molecule has 0 saturated heterocycles. The lowest BCUT2D eigenvalue weighted by Crippen LogP contribution is -2.38. The third-order valence-electron chi connectivity index (χ3n) is 6.14. The Morgan fingerprint density at radius 3 is 2.38 bits per heavy atom. The van der Waals surface area contributed by atoms with Gasteiger partial charge < -0.3 is 14.7 Å². The summed E-state index contributed by atoms with van der Waals surface area (Å²) >= 11 is 0. The summed E-state index contributed by atoms with van der Waals surface area (Å²) in [6.45, 7) is 2.87. The van der Waals surface area contributed by atoms with E-state index >= 15 is 0 Å². The molecule has 1 fully saturated rings. The molecule has 0 bridgehead atoms. The van der Waals surface area contributed by atoms with Crippen LogP contribution in [0, 0.1) is 0 Å². The van der Waals surface area contributed by atoms with Gasteiger partial charge in [0.05, 0.1) is 17.7 Å². The van der Waals surface area contributed by atoms with E-state index in [2.05, 4.69) is 9.97 Å². The summed E-state index contributed by atoms with van der Waals surface area (Å²) in [4.78, 5) is 34.9. The Morgan fingerprint density at radius 2 is 1.78 bits per heavy atom. The number of aliphatic carboxylic acids is 1. The number of halogens is 3. The van der Waals surface area contributed by atoms with Crippen LogP contribution in [0.4, 0.5) is 18.9 Å². The van der Waals surface area contributed by atoms with E-state index in [0.717, 1.165) is 30.7 Å². The number of carboxylic acid groups (broad SMARTS) is 1. The molecule has 0 aliphatic heterocycles. The fourth-order valence-electron chi connectivity index (χ4n) is 3.73. The zero-order valence-corrected chi connectivity index (χ0v) is 20.5. The van der Waals surface area contributed by atoms with Gasteiger partial charge in [-0.2, -0.15) is 13.2 Å². The minimum Gasteiger partial charge on any atom is -0.478 e. The summed E-state index contributed by atoms with van der Waals surface area (Å²) < 4.78 is 44.2. The lowest BCUT2D eigenvalue weighted by Gasteiger charge is -2.23. The molecular formula is C27H26F3N3O4. The number of hydrogen-bond acceptors (Lipinski definition) is 5. The van der Waals surface area contributed by atoms with Gasteiger partial charge in [0.2, 0.25) is 5.91 Å². The normalized spacial score (nSPS) is 13.8. The Hall–Kier alpha value is -3.95. The second-order valence-corrected chi connectivity index (χ2v) is 9.50. The second kappa shape index (κ2) is 9.84. The maximum atomic E-state index is 13.1. The SMILES string of the molecule is CN(C(=O)Cc1cnc(-c2ccc(C(F)(F)F)cc2)nc1C1CC1)c1cccc(OC(C)(C)C(=O)O)c1. The van der Waals surface area contributed by atoms with Gasteiger partial charge in [-0.3, -0.25) is 4.79 Å². The van der Waals surface area contributed by atoms with Crippen LogP contribution in [0.2, 0.25) is 0 Å². The number of carbonyl (C=O) groups excluding carboxylic acids is 1. The van der Waals surface area contributed by atoms with Gasteiger partial charge in [-0.1, -0.05) is 18.2 Å². The Balaban J connectivity index is 1.53. The topological polar surface area (TPSA) is 92.6 Å². The minimum atomic E-state index is -4.42.